The van der Waals surface area contributed by atoms with Crippen molar-refractivity contribution < 1.29 is 9.47 Å². The van der Waals surface area contributed by atoms with Crippen molar-refractivity contribution in [3.8, 4) is 0 Å². The van der Waals surface area contributed by atoms with E-state index in [4.69, 9.17) is 9.47 Å². The molecule has 0 aromatic rings. The van der Waals surface area contributed by atoms with E-state index in [0.717, 1.165) is 45.8 Å². The molecular formula is C15H34N2O2. The highest BCUT2D eigenvalue weighted by molar-refractivity contribution is 4.77. The van der Waals surface area contributed by atoms with Crippen molar-refractivity contribution in [3.63, 3.8) is 0 Å². The van der Waals surface area contributed by atoms with Crippen molar-refractivity contribution in [1.82, 2.24) is 10.2 Å². The second kappa shape index (κ2) is 12.9. The molecule has 0 aliphatic heterocycles. The molecule has 0 spiro atoms. The van der Waals surface area contributed by atoms with Crippen molar-refractivity contribution in [3.05, 3.63) is 0 Å². The number of ether oxygens (including phenoxy) is 2. The molecule has 1 atom stereocenters. The lowest BCUT2D eigenvalue weighted by Crippen LogP contribution is -2.47. The summed E-state index contributed by atoms with van der Waals surface area (Å²) < 4.78 is 10.4. The summed E-state index contributed by atoms with van der Waals surface area (Å²) in [4.78, 5) is 2.54. The van der Waals surface area contributed by atoms with Crippen LogP contribution >= 0.6 is 0 Å². The first-order chi connectivity index (χ1) is 9.17. The standard InChI is InChI=1S/C15H34N2O2/c1-6-8-16-13-15(14(2)3)17(10-12-19-5)9-7-11-18-4/h14-16H,6-13H2,1-5H3. The summed E-state index contributed by atoms with van der Waals surface area (Å²) in [7, 11) is 3.54. The summed E-state index contributed by atoms with van der Waals surface area (Å²) in [6.45, 7) is 12.7. The Morgan fingerprint density at radius 1 is 1.05 bits per heavy atom. The fraction of sp³-hybridized carbons (Fsp3) is 1.00. The number of hydrogen-bond acceptors (Lipinski definition) is 4. The summed E-state index contributed by atoms with van der Waals surface area (Å²) in [6.07, 6.45) is 2.27. The minimum atomic E-state index is 0.568. The van der Waals surface area contributed by atoms with Crippen LogP contribution in [0.5, 0.6) is 0 Å². The molecular weight excluding hydrogens is 240 g/mol. The van der Waals surface area contributed by atoms with Crippen molar-refractivity contribution in [2.75, 3.05) is 53.6 Å². The van der Waals surface area contributed by atoms with Gasteiger partial charge in [0.2, 0.25) is 0 Å². The van der Waals surface area contributed by atoms with Gasteiger partial charge in [-0.15, -0.1) is 0 Å². The van der Waals surface area contributed by atoms with E-state index in [0.29, 0.717) is 12.0 Å². The molecule has 0 radical (unpaired) electrons. The SMILES string of the molecule is CCCNCC(C(C)C)N(CCCOC)CCOC. The zero-order valence-electron chi connectivity index (χ0n) is 13.6. The quantitative estimate of drug-likeness (QED) is 0.521. The maximum Gasteiger partial charge on any atom is 0.0589 e. The van der Waals surface area contributed by atoms with E-state index in [9.17, 15) is 0 Å². The highest BCUT2D eigenvalue weighted by atomic mass is 16.5. The molecule has 0 aromatic heterocycles. The third-order valence-electron chi connectivity index (χ3n) is 3.40. The van der Waals surface area contributed by atoms with Gasteiger partial charge < -0.3 is 14.8 Å². The number of nitrogens with one attached hydrogen (secondary N) is 1. The van der Waals surface area contributed by atoms with Crippen LogP contribution in [0.3, 0.4) is 0 Å². The van der Waals surface area contributed by atoms with Gasteiger partial charge in [-0.05, 0) is 25.3 Å². The van der Waals surface area contributed by atoms with Crippen LogP contribution in [0.2, 0.25) is 0 Å². The van der Waals surface area contributed by atoms with Crippen LogP contribution in [0, 0.1) is 5.92 Å². The molecule has 0 aliphatic rings. The van der Waals surface area contributed by atoms with Crippen LogP contribution < -0.4 is 5.32 Å². The van der Waals surface area contributed by atoms with Gasteiger partial charge in [0.15, 0.2) is 0 Å². The average molecular weight is 274 g/mol. The Hall–Kier alpha value is -0.160. The summed E-state index contributed by atoms with van der Waals surface area (Å²) >= 11 is 0. The van der Waals surface area contributed by atoms with Crippen LogP contribution in [-0.4, -0.2) is 64.6 Å². The van der Waals surface area contributed by atoms with Crippen LogP contribution in [-0.2, 0) is 9.47 Å². The van der Waals surface area contributed by atoms with E-state index < -0.39 is 0 Å². The Bertz CT molecular complexity index is 189. The molecule has 116 valence electrons. The molecule has 4 nitrogen and oxygen atoms in total. The van der Waals surface area contributed by atoms with Crippen LogP contribution in [0.15, 0.2) is 0 Å². The largest absolute Gasteiger partial charge is 0.385 e. The normalized spacial score (nSPS) is 13.4. The van der Waals surface area contributed by atoms with Gasteiger partial charge in [-0.25, -0.2) is 0 Å². The molecule has 1 unspecified atom stereocenters. The van der Waals surface area contributed by atoms with Gasteiger partial charge in [-0.1, -0.05) is 20.8 Å². The highest BCUT2D eigenvalue weighted by Gasteiger charge is 2.20. The van der Waals surface area contributed by atoms with Gasteiger partial charge in [0, 0.05) is 46.5 Å². The molecule has 0 fully saturated rings. The summed E-state index contributed by atoms with van der Waals surface area (Å²) in [6, 6.07) is 0.568. The number of hydrogen-bond donors (Lipinski definition) is 1. The molecule has 0 rings (SSSR count). The predicted molar refractivity (Wildman–Crippen MR) is 81.7 cm³/mol. The van der Waals surface area contributed by atoms with Gasteiger partial charge >= 0.3 is 0 Å². The van der Waals surface area contributed by atoms with Gasteiger partial charge in [-0.3, -0.25) is 4.90 Å². The zero-order chi connectivity index (χ0) is 14.5. The summed E-state index contributed by atoms with van der Waals surface area (Å²) in [5, 5.41) is 3.55. The fourth-order valence-electron chi connectivity index (χ4n) is 2.28. The minimum absolute atomic E-state index is 0.568. The molecule has 0 heterocycles. The maximum absolute atomic E-state index is 5.24. The third kappa shape index (κ3) is 9.38. The van der Waals surface area contributed by atoms with Gasteiger partial charge in [0.25, 0.3) is 0 Å². The number of nitrogens with zero attached hydrogens (tertiary/aromatic N) is 1. The molecule has 1 N–H and O–H groups in total. The summed E-state index contributed by atoms with van der Waals surface area (Å²) in [5.74, 6) is 0.642. The number of methoxy groups -OCH3 is 2. The van der Waals surface area contributed by atoms with E-state index in [2.05, 4.69) is 31.0 Å². The molecule has 0 aliphatic carbocycles. The van der Waals surface area contributed by atoms with E-state index in [1.807, 2.05) is 0 Å². The van der Waals surface area contributed by atoms with E-state index in [-0.39, 0.29) is 0 Å². The summed E-state index contributed by atoms with van der Waals surface area (Å²) in [5.41, 5.74) is 0. The molecule has 0 amide bonds. The Balaban J connectivity index is 4.33. The Morgan fingerprint density at radius 3 is 2.26 bits per heavy atom. The van der Waals surface area contributed by atoms with Crippen molar-refractivity contribution in [2.45, 2.75) is 39.7 Å². The second-order valence-corrected chi connectivity index (χ2v) is 5.39. The van der Waals surface area contributed by atoms with Gasteiger partial charge in [-0.2, -0.15) is 0 Å². The topological polar surface area (TPSA) is 33.7 Å². The Kier molecular flexibility index (Phi) is 12.7. The van der Waals surface area contributed by atoms with Gasteiger partial charge in [0.1, 0.15) is 0 Å². The Labute approximate surface area is 119 Å². The smallest absolute Gasteiger partial charge is 0.0589 e. The lowest BCUT2D eigenvalue weighted by molar-refractivity contribution is 0.0882. The molecule has 0 bridgehead atoms. The Morgan fingerprint density at radius 2 is 1.74 bits per heavy atom. The first kappa shape index (κ1) is 18.8. The highest BCUT2D eigenvalue weighted by Crippen LogP contribution is 2.11. The monoisotopic (exact) mass is 274 g/mol. The first-order valence-corrected chi connectivity index (χ1v) is 7.59. The zero-order valence-corrected chi connectivity index (χ0v) is 13.6. The molecule has 0 saturated carbocycles. The van der Waals surface area contributed by atoms with E-state index in [1.165, 1.54) is 6.42 Å². The second-order valence-electron chi connectivity index (χ2n) is 5.39. The lowest BCUT2D eigenvalue weighted by atomic mass is 10.0. The molecule has 0 aromatic carbocycles. The molecule has 4 heteroatoms. The first-order valence-electron chi connectivity index (χ1n) is 7.59. The molecule has 19 heavy (non-hydrogen) atoms. The minimum Gasteiger partial charge on any atom is -0.385 e. The third-order valence-corrected chi connectivity index (χ3v) is 3.40. The lowest BCUT2D eigenvalue weighted by Gasteiger charge is -2.34. The fourth-order valence-corrected chi connectivity index (χ4v) is 2.28. The maximum atomic E-state index is 5.24. The average Bonchev–Trinajstić information content (AvgIpc) is 2.39. The van der Waals surface area contributed by atoms with Crippen molar-refractivity contribution >= 4 is 0 Å². The van der Waals surface area contributed by atoms with E-state index >= 15 is 0 Å². The van der Waals surface area contributed by atoms with Crippen LogP contribution in [0.25, 0.3) is 0 Å². The molecule has 0 saturated heterocycles. The van der Waals surface area contributed by atoms with Crippen molar-refractivity contribution in [2.24, 2.45) is 5.92 Å². The number of rotatable bonds is 13. The van der Waals surface area contributed by atoms with Crippen LogP contribution in [0.4, 0.5) is 0 Å². The van der Waals surface area contributed by atoms with Crippen LogP contribution in [0.1, 0.15) is 33.6 Å². The van der Waals surface area contributed by atoms with E-state index in [1.54, 1.807) is 14.2 Å². The van der Waals surface area contributed by atoms with Crippen molar-refractivity contribution in [1.29, 1.82) is 0 Å². The van der Waals surface area contributed by atoms with Gasteiger partial charge in [0.05, 0.1) is 6.61 Å². The predicted octanol–water partition coefficient (Wildman–Crippen LogP) is 2.00.